The molecule has 0 unspecified atom stereocenters. The van der Waals surface area contributed by atoms with Gasteiger partial charge in [0.15, 0.2) is 0 Å². The van der Waals surface area contributed by atoms with Crippen LogP contribution in [0.5, 0.6) is 11.5 Å². The minimum atomic E-state index is -0.692. The number of hydrazone groups is 1. The third-order valence-corrected chi connectivity index (χ3v) is 6.35. The second-order valence-corrected chi connectivity index (χ2v) is 9.51. The van der Waals surface area contributed by atoms with Crippen LogP contribution in [0.3, 0.4) is 0 Å². The zero-order chi connectivity index (χ0) is 27.9. The Hall–Kier alpha value is -3.88. The Bertz CT molecular complexity index is 1570. The second-order valence-electron chi connectivity index (χ2n) is 7.82. The summed E-state index contributed by atoms with van der Waals surface area (Å²) in [6.45, 7) is 0. The number of carbonyl (C=O) groups is 3. The molecule has 0 aromatic heterocycles. The maximum absolute atomic E-state index is 12.8. The van der Waals surface area contributed by atoms with Gasteiger partial charge < -0.3 is 9.47 Å². The Balaban J connectivity index is 1.56. The molecule has 0 fully saturated rings. The Morgan fingerprint density at radius 1 is 0.641 bits per heavy atom. The van der Waals surface area contributed by atoms with Crippen molar-refractivity contribution in [2.24, 2.45) is 5.10 Å². The summed E-state index contributed by atoms with van der Waals surface area (Å²) in [5.41, 5.74) is 3.41. The molecule has 0 bridgehead atoms. The van der Waals surface area contributed by atoms with E-state index >= 15 is 0 Å². The number of hydrogen-bond donors (Lipinski definition) is 1. The summed E-state index contributed by atoms with van der Waals surface area (Å²) in [4.78, 5) is 37.7. The summed E-state index contributed by atoms with van der Waals surface area (Å²) < 4.78 is 11.0. The molecule has 1 N–H and O–H groups in total. The summed E-state index contributed by atoms with van der Waals surface area (Å²) >= 11 is 23.6. The van der Waals surface area contributed by atoms with Gasteiger partial charge in [-0.15, -0.1) is 0 Å². The van der Waals surface area contributed by atoms with E-state index in [1.165, 1.54) is 66.9 Å². The lowest BCUT2D eigenvalue weighted by molar-refractivity contribution is 0.0732. The topological polar surface area (TPSA) is 94.1 Å². The molecule has 0 saturated heterocycles. The van der Waals surface area contributed by atoms with Crippen LogP contribution in [0.15, 0.2) is 90.0 Å². The first-order valence-electron chi connectivity index (χ1n) is 11.1. The summed E-state index contributed by atoms with van der Waals surface area (Å²) in [7, 11) is 0. The fourth-order valence-electron chi connectivity index (χ4n) is 3.13. The fraction of sp³-hybridized carbons (Fsp3) is 0. The van der Waals surface area contributed by atoms with Gasteiger partial charge in [-0.25, -0.2) is 15.0 Å². The molecule has 11 heteroatoms. The number of hydrogen-bond acceptors (Lipinski definition) is 6. The van der Waals surface area contributed by atoms with Crippen LogP contribution in [0.4, 0.5) is 0 Å². The van der Waals surface area contributed by atoms with Gasteiger partial charge in [0.1, 0.15) is 11.5 Å². The van der Waals surface area contributed by atoms with Crippen molar-refractivity contribution in [3.05, 3.63) is 127 Å². The number of ether oxygens (including phenoxy) is 2. The molecule has 4 aromatic carbocycles. The molecular weight excluding hydrogens is 586 g/mol. The molecule has 4 aromatic rings. The molecule has 39 heavy (non-hydrogen) atoms. The molecule has 0 spiro atoms. The van der Waals surface area contributed by atoms with Crippen molar-refractivity contribution in [2.45, 2.75) is 0 Å². The lowest BCUT2D eigenvalue weighted by Crippen LogP contribution is -2.17. The number of rotatable bonds is 7. The fourth-order valence-corrected chi connectivity index (χ4v) is 3.68. The van der Waals surface area contributed by atoms with Gasteiger partial charge in [0.2, 0.25) is 0 Å². The smallest absolute Gasteiger partial charge is 0.343 e. The van der Waals surface area contributed by atoms with E-state index in [1.807, 2.05) is 0 Å². The van der Waals surface area contributed by atoms with Gasteiger partial charge in [-0.2, -0.15) is 5.10 Å². The van der Waals surface area contributed by atoms with Crippen LogP contribution < -0.4 is 14.9 Å². The highest BCUT2D eigenvalue weighted by Gasteiger charge is 2.15. The average Bonchev–Trinajstić information content (AvgIpc) is 2.92. The summed E-state index contributed by atoms with van der Waals surface area (Å²) in [5, 5.41) is 5.38. The van der Waals surface area contributed by atoms with Crippen LogP contribution in [0.2, 0.25) is 20.1 Å². The van der Waals surface area contributed by atoms with Gasteiger partial charge in [-0.05, 0) is 78.9 Å². The maximum atomic E-state index is 12.8. The number of nitrogens with one attached hydrogen (secondary N) is 1. The number of halogens is 4. The lowest BCUT2D eigenvalue weighted by atomic mass is 10.2. The van der Waals surface area contributed by atoms with Gasteiger partial charge in [-0.3, -0.25) is 4.79 Å². The number of nitrogens with zero attached hydrogens (tertiary/aromatic N) is 1. The molecule has 4 rings (SSSR count). The zero-order valence-corrected chi connectivity index (χ0v) is 22.7. The zero-order valence-electron chi connectivity index (χ0n) is 19.7. The predicted molar refractivity (Wildman–Crippen MR) is 151 cm³/mol. The van der Waals surface area contributed by atoms with E-state index in [2.05, 4.69) is 10.5 Å². The van der Waals surface area contributed by atoms with Crippen LogP contribution in [-0.2, 0) is 0 Å². The Morgan fingerprint density at radius 3 is 1.79 bits per heavy atom. The molecule has 196 valence electrons. The molecule has 0 aliphatic rings. The Labute approximate surface area is 242 Å². The predicted octanol–water partition coefficient (Wildman–Crippen LogP) is 7.50. The Morgan fingerprint density at radius 2 is 1.21 bits per heavy atom. The maximum Gasteiger partial charge on any atom is 0.343 e. The molecule has 0 aliphatic carbocycles. The molecule has 0 heterocycles. The van der Waals surface area contributed by atoms with Crippen LogP contribution in [-0.4, -0.2) is 24.1 Å². The standard InChI is InChI=1S/C28H16Cl4N2O5/c29-20-7-1-16(2-8-20)27(36)38-22-11-5-19(15-33-34-26(35)18-6-12-23(31)24(32)13-18)25(14-22)39-28(37)17-3-9-21(30)10-4-17/h1-15H,(H,34,35)/b33-15-. The van der Waals surface area contributed by atoms with E-state index < -0.39 is 17.8 Å². The van der Waals surface area contributed by atoms with E-state index in [9.17, 15) is 14.4 Å². The van der Waals surface area contributed by atoms with Gasteiger partial charge in [0.25, 0.3) is 5.91 Å². The largest absolute Gasteiger partial charge is 0.423 e. The molecule has 0 radical (unpaired) electrons. The molecule has 0 atom stereocenters. The van der Waals surface area contributed by atoms with Crippen LogP contribution in [0.25, 0.3) is 0 Å². The number of amides is 1. The van der Waals surface area contributed by atoms with Gasteiger partial charge in [0, 0.05) is 27.2 Å². The minimum Gasteiger partial charge on any atom is -0.423 e. The number of esters is 2. The monoisotopic (exact) mass is 600 g/mol. The molecule has 0 aliphatic heterocycles. The second kappa shape index (κ2) is 12.8. The van der Waals surface area contributed by atoms with Gasteiger partial charge in [-0.1, -0.05) is 46.4 Å². The van der Waals surface area contributed by atoms with Crippen molar-refractivity contribution in [3.63, 3.8) is 0 Å². The molecule has 7 nitrogen and oxygen atoms in total. The third-order valence-electron chi connectivity index (χ3n) is 5.11. The molecule has 0 saturated carbocycles. The first-order valence-corrected chi connectivity index (χ1v) is 12.6. The quantitative estimate of drug-likeness (QED) is 0.102. The number of carbonyl (C=O) groups excluding carboxylic acids is 3. The van der Waals surface area contributed by atoms with Crippen LogP contribution >= 0.6 is 46.4 Å². The SMILES string of the molecule is O=C(N/N=C\c1ccc(OC(=O)c2ccc(Cl)cc2)cc1OC(=O)c1ccc(Cl)cc1)c1ccc(Cl)c(Cl)c1. The summed E-state index contributed by atoms with van der Waals surface area (Å²) in [6, 6.07) is 21.0. The normalized spacial score (nSPS) is 10.8. The van der Waals surface area contributed by atoms with E-state index in [4.69, 9.17) is 55.9 Å². The summed E-state index contributed by atoms with van der Waals surface area (Å²) in [6.07, 6.45) is 1.27. The first-order chi connectivity index (χ1) is 18.7. The van der Waals surface area contributed by atoms with Crippen molar-refractivity contribution in [1.82, 2.24) is 5.43 Å². The molecule has 1 amide bonds. The minimum absolute atomic E-state index is 0.0175. The molecular formula is C28H16Cl4N2O5. The van der Waals surface area contributed by atoms with Crippen molar-refractivity contribution in [1.29, 1.82) is 0 Å². The highest BCUT2D eigenvalue weighted by molar-refractivity contribution is 6.42. The third kappa shape index (κ3) is 7.59. The lowest BCUT2D eigenvalue weighted by Gasteiger charge is -2.11. The van der Waals surface area contributed by atoms with E-state index in [0.29, 0.717) is 20.6 Å². The van der Waals surface area contributed by atoms with Crippen LogP contribution in [0.1, 0.15) is 36.6 Å². The van der Waals surface area contributed by atoms with Gasteiger partial charge >= 0.3 is 11.9 Å². The van der Waals surface area contributed by atoms with Crippen LogP contribution in [0, 0.1) is 0 Å². The highest BCUT2D eigenvalue weighted by atomic mass is 35.5. The Kier molecular flexibility index (Phi) is 9.22. The summed E-state index contributed by atoms with van der Waals surface area (Å²) in [5.74, 6) is -1.76. The van der Waals surface area contributed by atoms with E-state index in [1.54, 1.807) is 24.3 Å². The van der Waals surface area contributed by atoms with Crippen molar-refractivity contribution in [3.8, 4) is 11.5 Å². The van der Waals surface area contributed by atoms with E-state index in [-0.39, 0.29) is 33.2 Å². The number of benzene rings is 4. The van der Waals surface area contributed by atoms with Crippen molar-refractivity contribution < 1.29 is 23.9 Å². The highest BCUT2D eigenvalue weighted by Crippen LogP contribution is 2.26. The van der Waals surface area contributed by atoms with Crippen molar-refractivity contribution in [2.75, 3.05) is 0 Å². The van der Waals surface area contributed by atoms with E-state index in [0.717, 1.165) is 0 Å². The average molecular weight is 602 g/mol. The van der Waals surface area contributed by atoms with Gasteiger partial charge in [0.05, 0.1) is 27.4 Å². The van der Waals surface area contributed by atoms with Crippen molar-refractivity contribution >= 4 is 70.5 Å². The first kappa shape index (κ1) is 28.1.